The maximum Gasteiger partial charge on any atom is 0.495 e. The third kappa shape index (κ3) is 10.9. The molecule has 0 bridgehead atoms. The minimum Gasteiger partial charge on any atom is -0.507 e. The van der Waals surface area contributed by atoms with E-state index in [1.54, 1.807) is 6.92 Å². The molecule has 0 aliphatic heterocycles. The second kappa shape index (κ2) is 14.0. The molecule has 8 heteroatoms. The SMILES string of the molecule is CCO[Si](O)(O)CCCN(Cc1cc(C(C)(C)C)cc(C(C)(C)C)c1O)Cc1cc(C(C)(C)C)cc(C(C)(C)C)c1O.O. The van der Waals surface area contributed by atoms with Crippen molar-refractivity contribution in [1.29, 1.82) is 0 Å². The molecule has 0 unspecified atom stereocenters. The maximum absolute atomic E-state index is 11.5. The second-order valence-corrected chi connectivity index (χ2v) is 18.3. The first-order chi connectivity index (χ1) is 18.9. The van der Waals surface area contributed by atoms with Crippen molar-refractivity contribution in [2.24, 2.45) is 0 Å². The molecule has 7 nitrogen and oxygen atoms in total. The molecule has 0 atom stereocenters. The number of phenols is 2. The first-order valence-electron chi connectivity index (χ1n) is 15.4. The minimum atomic E-state index is -3.74. The van der Waals surface area contributed by atoms with Crippen molar-refractivity contribution in [1.82, 2.24) is 4.90 Å². The molecule has 0 aliphatic carbocycles. The molecule has 0 spiro atoms. The van der Waals surface area contributed by atoms with Crippen LogP contribution in [0.5, 0.6) is 11.5 Å². The Morgan fingerprint density at radius 1 is 0.651 bits per heavy atom. The fourth-order valence-electron chi connectivity index (χ4n) is 5.17. The Balaban J connectivity index is 0.00000924. The molecule has 0 aliphatic rings. The van der Waals surface area contributed by atoms with E-state index in [-0.39, 0.29) is 39.8 Å². The van der Waals surface area contributed by atoms with Gasteiger partial charge in [-0.1, -0.05) is 107 Å². The highest BCUT2D eigenvalue weighted by Crippen LogP contribution is 2.40. The normalized spacial score (nSPS) is 13.4. The molecule has 0 fully saturated rings. The minimum absolute atomic E-state index is 0. The number of phenolic OH excluding ortho intramolecular Hbond substituents is 2. The van der Waals surface area contributed by atoms with Crippen molar-refractivity contribution in [3.8, 4) is 11.5 Å². The Hall–Kier alpha value is -1.94. The summed E-state index contributed by atoms with van der Waals surface area (Å²) in [7, 11) is -3.74. The fourth-order valence-corrected chi connectivity index (χ4v) is 6.40. The highest BCUT2D eigenvalue weighted by atomic mass is 28.4. The smallest absolute Gasteiger partial charge is 0.495 e. The van der Waals surface area contributed by atoms with Crippen molar-refractivity contribution in [3.63, 3.8) is 0 Å². The Morgan fingerprint density at radius 3 is 1.33 bits per heavy atom. The lowest BCUT2D eigenvalue weighted by Crippen LogP contribution is -2.39. The Kier molecular flexibility index (Phi) is 12.7. The molecule has 2 aromatic rings. The third-order valence-electron chi connectivity index (χ3n) is 7.87. The van der Waals surface area contributed by atoms with Crippen molar-refractivity contribution in [2.45, 2.75) is 137 Å². The fraction of sp³-hybridized carbons (Fsp3) is 0.657. The van der Waals surface area contributed by atoms with E-state index in [0.717, 1.165) is 33.4 Å². The highest BCUT2D eigenvalue weighted by Gasteiger charge is 2.32. The van der Waals surface area contributed by atoms with Crippen LogP contribution in [0.1, 0.15) is 130 Å². The van der Waals surface area contributed by atoms with Gasteiger partial charge in [0, 0.05) is 36.9 Å². The van der Waals surface area contributed by atoms with Gasteiger partial charge in [0.2, 0.25) is 0 Å². The molecular formula is C35H61NO6Si. The summed E-state index contributed by atoms with van der Waals surface area (Å²) < 4.78 is 5.25. The highest BCUT2D eigenvalue weighted by molar-refractivity contribution is 6.57. The van der Waals surface area contributed by atoms with Gasteiger partial charge < -0.3 is 29.7 Å². The maximum atomic E-state index is 11.5. The van der Waals surface area contributed by atoms with E-state index >= 15 is 0 Å². The summed E-state index contributed by atoms with van der Waals surface area (Å²) in [6.45, 7) is 29.2. The van der Waals surface area contributed by atoms with E-state index < -0.39 is 8.80 Å². The molecule has 0 aromatic heterocycles. The molecule has 0 heterocycles. The van der Waals surface area contributed by atoms with Crippen molar-refractivity contribution < 1.29 is 29.7 Å². The Labute approximate surface area is 262 Å². The predicted octanol–water partition coefficient (Wildman–Crippen LogP) is 6.82. The Morgan fingerprint density at radius 2 is 1.02 bits per heavy atom. The first kappa shape index (κ1) is 39.1. The van der Waals surface area contributed by atoms with Crippen LogP contribution >= 0.6 is 0 Å². The zero-order chi connectivity index (χ0) is 32.5. The number of benzene rings is 2. The van der Waals surface area contributed by atoms with Crippen LogP contribution in [0.25, 0.3) is 0 Å². The van der Waals surface area contributed by atoms with Crippen LogP contribution in [0.2, 0.25) is 6.04 Å². The molecule has 246 valence electrons. The van der Waals surface area contributed by atoms with Gasteiger partial charge in [-0.05, 0) is 63.8 Å². The number of nitrogens with zero attached hydrogens (tertiary/aromatic N) is 1. The average molecular weight is 620 g/mol. The van der Waals surface area contributed by atoms with Gasteiger partial charge in [-0.2, -0.15) is 0 Å². The van der Waals surface area contributed by atoms with Crippen LogP contribution in [0.3, 0.4) is 0 Å². The average Bonchev–Trinajstić information content (AvgIpc) is 2.78. The summed E-state index contributed by atoms with van der Waals surface area (Å²) in [4.78, 5) is 22.9. The Bertz CT molecular complexity index is 1130. The van der Waals surface area contributed by atoms with Gasteiger partial charge in [-0.25, -0.2) is 0 Å². The third-order valence-corrected chi connectivity index (χ3v) is 9.62. The van der Waals surface area contributed by atoms with Crippen LogP contribution in [0, 0.1) is 0 Å². The lowest BCUT2D eigenvalue weighted by molar-refractivity contribution is 0.151. The number of rotatable bonds is 10. The zero-order valence-corrected chi connectivity index (χ0v) is 30.2. The standard InChI is InChI=1S/C35H59NO5Si.H2O/c1-14-41-42(39,40)17-15-16-36(22-24-18-26(32(2,3)4)20-28(30(24)37)34(8,9)10)23-25-19-27(33(5,6)7)21-29(31(25)38)35(11,12)13;/h18-21,37-40H,14-17,22-23H2,1-13H3;1H2. The molecule has 0 radical (unpaired) electrons. The van der Waals surface area contributed by atoms with E-state index in [9.17, 15) is 19.8 Å². The van der Waals surface area contributed by atoms with Gasteiger partial charge in [0.05, 0.1) is 0 Å². The van der Waals surface area contributed by atoms with Gasteiger partial charge in [0.15, 0.2) is 0 Å². The lowest BCUT2D eigenvalue weighted by Gasteiger charge is -2.31. The predicted molar refractivity (Wildman–Crippen MR) is 180 cm³/mol. The first-order valence-corrected chi connectivity index (χ1v) is 17.4. The van der Waals surface area contributed by atoms with Crippen LogP contribution in [0.4, 0.5) is 0 Å². The lowest BCUT2D eigenvalue weighted by atomic mass is 9.78. The number of hydrogen-bond donors (Lipinski definition) is 4. The molecule has 6 N–H and O–H groups in total. The largest absolute Gasteiger partial charge is 0.507 e. The molecule has 0 saturated carbocycles. The van der Waals surface area contributed by atoms with E-state index in [1.165, 1.54) is 0 Å². The van der Waals surface area contributed by atoms with Crippen molar-refractivity contribution >= 4 is 8.80 Å². The summed E-state index contributed by atoms with van der Waals surface area (Å²) in [6.07, 6.45) is 0.511. The van der Waals surface area contributed by atoms with E-state index in [2.05, 4.69) is 112 Å². The number of aromatic hydroxyl groups is 2. The molecule has 2 aromatic carbocycles. The van der Waals surface area contributed by atoms with Gasteiger partial charge in [-0.3, -0.25) is 4.90 Å². The van der Waals surface area contributed by atoms with Gasteiger partial charge >= 0.3 is 8.80 Å². The summed E-state index contributed by atoms with van der Waals surface area (Å²) in [5, 5.41) is 23.1. The monoisotopic (exact) mass is 619 g/mol. The molecule has 2 rings (SSSR count). The van der Waals surface area contributed by atoms with E-state index in [4.69, 9.17) is 4.43 Å². The topological polar surface area (TPSA) is 125 Å². The molecule has 43 heavy (non-hydrogen) atoms. The zero-order valence-electron chi connectivity index (χ0n) is 29.2. The second-order valence-electron chi connectivity index (χ2n) is 16.1. The van der Waals surface area contributed by atoms with Crippen molar-refractivity contribution in [3.05, 3.63) is 57.6 Å². The summed E-state index contributed by atoms with van der Waals surface area (Å²) in [5.41, 5.74) is 5.08. The molecule has 0 amide bonds. The summed E-state index contributed by atoms with van der Waals surface area (Å²) in [5.74, 6) is 0.594. The van der Waals surface area contributed by atoms with Crippen molar-refractivity contribution in [2.75, 3.05) is 13.2 Å². The number of hydrogen-bond acceptors (Lipinski definition) is 6. The quantitative estimate of drug-likeness (QED) is 0.217. The van der Waals surface area contributed by atoms with Gasteiger partial charge in [-0.15, -0.1) is 0 Å². The molecular weight excluding hydrogens is 558 g/mol. The van der Waals surface area contributed by atoms with Crippen LogP contribution < -0.4 is 0 Å². The van der Waals surface area contributed by atoms with Gasteiger partial charge in [0.1, 0.15) is 11.5 Å². The van der Waals surface area contributed by atoms with Gasteiger partial charge in [0.25, 0.3) is 0 Å². The van der Waals surface area contributed by atoms with E-state index in [1.807, 2.05) is 0 Å². The van der Waals surface area contributed by atoms with Crippen LogP contribution in [-0.2, 0) is 39.2 Å². The van der Waals surface area contributed by atoms with Crippen LogP contribution in [-0.4, -0.2) is 52.1 Å². The summed E-state index contributed by atoms with van der Waals surface area (Å²) in [6, 6.07) is 8.62. The van der Waals surface area contributed by atoms with E-state index in [0.29, 0.717) is 37.6 Å². The molecule has 0 saturated heterocycles. The summed E-state index contributed by atoms with van der Waals surface area (Å²) >= 11 is 0. The van der Waals surface area contributed by atoms with Crippen LogP contribution in [0.15, 0.2) is 24.3 Å².